The van der Waals surface area contributed by atoms with Gasteiger partial charge in [0.25, 0.3) is 11.8 Å². The van der Waals surface area contributed by atoms with Crippen molar-refractivity contribution in [1.29, 1.82) is 0 Å². The SMILES string of the molecule is CC(C)n1nccc1C(=O)N1CC2(CCCC2)c2cc(C(=O)Nc3ccc(S(=O)(=O)NCC4CC4)cc3)ccc21. The van der Waals surface area contributed by atoms with Gasteiger partial charge in [0.1, 0.15) is 5.69 Å². The molecule has 6 rings (SSSR count). The van der Waals surface area contributed by atoms with Crippen LogP contribution in [0.2, 0.25) is 0 Å². The van der Waals surface area contributed by atoms with E-state index in [0.717, 1.165) is 49.8 Å². The Morgan fingerprint density at radius 1 is 1.05 bits per heavy atom. The van der Waals surface area contributed by atoms with Gasteiger partial charge in [-0.05, 0) is 99.5 Å². The van der Waals surface area contributed by atoms with E-state index in [1.54, 1.807) is 35.1 Å². The first-order chi connectivity index (χ1) is 19.2. The Morgan fingerprint density at radius 3 is 2.45 bits per heavy atom. The van der Waals surface area contributed by atoms with Gasteiger partial charge in [0.2, 0.25) is 10.0 Å². The second-order valence-electron chi connectivity index (χ2n) is 11.6. The van der Waals surface area contributed by atoms with E-state index >= 15 is 0 Å². The minimum atomic E-state index is -3.57. The lowest BCUT2D eigenvalue weighted by molar-refractivity contribution is 0.0971. The lowest BCUT2D eigenvalue weighted by Crippen LogP contribution is -2.36. The quantitative estimate of drug-likeness (QED) is 0.407. The topological polar surface area (TPSA) is 113 Å². The molecular weight excluding hydrogens is 526 g/mol. The molecule has 2 amide bonds. The summed E-state index contributed by atoms with van der Waals surface area (Å²) in [4.78, 5) is 29.0. The summed E-state index contributed by atoms with van der Waals surface area (Å²) in [7, 11) is -3.57. The summed E-state index contributed by atoms with van der Waals surface area (Å²) >= 11 is 0. The summed E-state index contributed by atoms with van der Waals surface area (Å²) in [5.41, 5.74) is 3.33. The highest BCUT2D eigenvalue weighted by Gasteiger charge is 2.47. The van der Waals surface area contributed by atoms with Gasteiger partial charge in [-0.25, -0.2) is 13.1 Å². The zero-order valence-electron chi connectivity index (χ0n) is 22.9. The molecule has 40 heavy (non-hydrogen) atoms. The van der Waals surface area contributed by atoms with Crippen LogP contribution < -0.4 is 14.9 Å². The van der Waals surface area contributed by atoms with Crippen LogP contribution in [-0.4, -0.2) is 43.1 Å². The van der Waals surface area contributed by atoms with Crippen LogP contribution >= 0.6 is 0 Å². The Balaban J connectivity index is 1.22. The van der Waals surface area contributed by atoms with Crippen LogP contribution in [0.1, 0.15) is 84.8 Å². The average molecular weight is 562 g/mol. The Labute approximate surface area is 235 Å². The number of rotatable bonds is 8. The molecule has 0 bridgehead atoms. The van der Waals surface area contributed by atoms with Gasteiger partial charge in [0, 0.05) is 47.7 Å². The van der Waals surface area contributed by atoms with Crippen LogP contribution in [0, 0.1) is 5.92 Å². The molecule has 2 fully saturated rings. The second-order valence-corrected chi connectivity index (χ2v) is 13.4. The van der Waals surface area contributed by atoms with Crippen molar-refractivity contribution >= 4 is 33.2 Å². The normalized spacial score (nSPS) is 17.9. The van der Waals surface area contributed by atoms with Crippen LogP contribution in [0.3, 0.4) is 0 Å². The zero-order valence-corrected chi connectivity index (χ0v) is 23.7. The van der Waals surface area contributed by atoms with Gasteiger partial charge >= 0.3 is 0 Å². The highest BCUT2D eigenvalue weighted by atomic mass is 32.2. The molecule has 0 unspecified atom stereocenters. The molecule has 2 aliphatic carbocycles. The van der Waals surface area contributed by atoms with Gasteiger partial charge < -0.3 is 10.2 Å². The fraction of sp³-hybridized carbons (Fsp3) is 0.433. The van der Waals surface area contributed by atoms with Crippen molar-refractivity contribution in [2.45, 2.75) is 68.7 Å². The van der Waals surface area contributed by atoms with Gasteiger partial charge in [-0.3, -0.25) is 14.3 Å². The summed E-state index contributed by atoms with van der Waals surface area (Å²) in [6.45, 7) is 5.07. The lowest BCUT2D eigenvalue weighted by Gasteiger charge is -2.25. The van der Waals surface area contributed by atoms with Crippen molar-refractivity contribution in [2.75, 3.05) is 23.3 Å². The smallest absolute Gasteiger partial charge is 0.276 e. The number of amides is 2. The van der Waals surface area contributed by atoms with Gasteiger partial charge in [-0.15, -0.1) is 0 Å². The number of anilines is 2. The molecule has 2 aromatic carbocycles. The number of nitrogens with one attached hydrogen (secondary N) is 2. The number of hydrogen-bond acceptors (Lipinski definition) is 5. The zero-order chi connectivity index (χ0) is 28.1. The molecule has 1 aromatic heterocycles. The average Bonchev–Trinajstić information content (AvgIpc) is 3.32. The summed E-state index contributed by atoms with van der Waals surface area (Å²) in [5.74, 6) is 0.0916. The third-order valence-corrected chi connectivity index (χ3v) is 9.89. The second kappa shape index (κ2) is 10.2. The Bertz CT molecular complexity index is 1550. The molecule has 3 aromatic rings. The maximum atomic E-state index is 13.7. The van der Waals surface area contributed by atoms with Gasteiger partial charge in [0.05, 0.1) is 4.90 Å². The maximum absolute atomic E-state index is 13.7. The fourth-order valence-corrected chi connectivity index (χ4v) is 7.17. The minimum absolute atomic E-state index is 0.0655. The molecule has 1 spiro atoms. The van der Waals surface area contributed by atoms with E-state index in [2.05, 4.69) is 15.1 Å². The Hall–Kier alpha value is -3.50. The van der Waals surface area contributed by atoms with Crippen LogP contribution in [-0.2, 0) is 15.4 Å². The van der Waals surface area contributed by atoms with E-state index in [9.17, 15) is 18.0 Å². The molecular formula is C30H35N5O4S. The molecule has 1 aliphatic heterocycles. The monoisotopic (exact) mass is 561 g/mol. The largest absolute Gasteiger partial charge is 0.322 e. The van der Waals surface area contributed by atoms with Crippen LogP contribution in [0.25, 0.3) is 0 Å². The Kier molecular flexibility index (Phi) is 6.78. The summed E-state index contributed by atoms with van der Waals surface area (Å²) in [5, 5.41) is 7.24. The number of aromatic nitrogens is 2. The van der Waals surface area contributed by atoms with Crippen molar-refractivity contribution in [3.8, 4) is 0 Å². The van der Waals surface area contributed by atoms with E-state index < -0.39 is 10.0 Å². The van der Waals surface area contributed by atoms with E-state index in [1.807, 2.05) is 30.9 Å². The number of benzene rings is 2. The molecule has 10 heteroatoms. The molecule has 2 saturated carbocycles. The molecule has 210 valence electrons. The van der Waals surface area contributed by atoms with Crippen LogP contribution in [0.15, 0.2) is 59.6 Å². The molecule has 0 atom stereocenters. The van der Waals surface area contributed by atoms with E-state index in [0.29, 0.717) is 36.0 Å². The highest BCUT2D eigenvalue weighted by Crippen LogP contribution is 2.51. The molecule has 2 N–H and O–H groups in total. The van der Waals surface area contributed by atoms with Crippen molar-refractivity contribution in [3.63, 3.8) is 0 Å². The first-order valence-corrected chi connectivity index (χ1v) is 15.6. The lowest BCUT2D eigenvalue weighted by atomic mass is 9.80. The number of carbonyl (C=O) groups excluding carboxylic acids is 2. The van der Waals surface area contributed by atoms with E-state index in [4.69, 9.17) is 0 Å². The number of carbonyl (C=O) groups is 2. The predicted molar refractivity (Wildman–Crippen MR) is 153 cm³/mol. The predicted octanol–water partition coefficient (Wildman–Crippen LogP) is 4.88. The van der Waals surface area contributed by atoms with Crippen molar-refractivity contribution in [3.05, 3.63) is 71.5 Å². The highest BCUT2D eigenvalue weighted by molar-refractivity contribution is 7.89. The first kappa shape index (κ1) is 26.7. The van der Waals surface area contributed by atoms with Crippen molar-refractivity contribution in [2.24, 2.45) is 5.92 Å². The van der Waals surface area contributed by atoms with E-state index in [1.165, 1.54) is 12.1 Å². The standard InChI is InChI=1S/C30H35N5O4S/c1-20(2)35-27(13-16-31-35)29(37)34-19-30(14-3-4-15-30)25-17-22(7-12-26(25)34)28(36)33-23-8-10-24(11-9-23)40(38,39)32-18-21-5-6-21/h7-13,16-17,20-21,32H,3-6,14-15,18-19H2,1-2H3,(H,33,36). The molecule has 2 heterocycles. The van der Waals surface area contributed by atoms with Crippen LogP contribution in [0.5, 0.6) is 0 Å². The maximum Gasteiger partial charge on any atom is 0.276 e. The van der Waals surface area contributed by atoms with Gasteiger partial charge in [-0.1, -0.05) is 12.8 Å². The van der Waals surface area contributed by atoms with E-state index in [-0.39, 0.29) is 28.2 Å². The third kappa shape index (κ3) is 4.94. The summed E-state index contributed by atoms with van der Waals surface area (Å²) < 4.78 is 29.4. The molecule has 3 aliphatic rings. The van der Waals surface area contributed by atoms with Gasteiger partial charge in [-0.2, -0.15) is 5.10 Å². The fourth-order valence-electron chi connectivity index (χ4n) is 6.06. The number of nitrogens with zero attached hydrogens (tertiary/aromatic N) is 3. The minimum Gasteiger partial charge on any atom is -0.322 e. The number of hydrogen-bond donors (Lipinski definition) is 2. The molecule has 0 radical (unpaired) electrons. The molecule has 0 saturated heterocycles. The first-order valence-electron chi connectivity index (χ1n) is 14.1. The van der Waals surface area contributed by atoms with Crippen LogP contribution in [0.4, 0.5) is 11.4 Å². The molecule has 9 nitrogen and oxygen atoms in total. The summed E-state index contributed by atoms with van der Waals surface area (Å²) in [6.07, 6.45) is 7.92. The van der Waals surface area contributed by atoms with Crippen molar-refractivity contribution in [1.82, 2.24) is 14.5 Å². The number of sulfonamides is 1. The third-order valence-electron chi connectivity index (χ3n) is 8.45. The van der Waals surface area contributed by atoms with Crippen molar-refractivity contribution < 1.29 is 18.0 Å². The van der Waals surface area contributed by atoms with Gasteiger partial charge in [0.15, 0.2) is 0 Å². The summed E-state index contributed by atoms with van der Waals surface area (Å²) in [6, 6.07) is 13.6. The number of fused-ring (bicyclic) bond motifs is 2. The Morgan fingerprint density at radius 2 is 1.77 bits per heavy atom.